The van der Waals surface area contributed by atoms with Crippen molar-refractivity contribution in [2.45, 2.75) is 19.8 Å². The predicted octanol–water partition coefficient (Wildman–Crippen LogP) is 7.28. The van der Waals surface area contributed by atoms with E-state index in [0.717, 1.165) is 23.3 Å². The first kappa shape index (κ1) is 26.5. The average Bonchev–Trinajstić information content (AvgIpc) is 2.90. The second-order valence-electron chi connectivity index (χ2n) is 8.46. The lowest BCUT2D eigenvalue weighted by molar-refractivity contribution is 0.0724. The topological polar surface area (TPSA) is 52.6 Å². The summed E-state index contributed by atoms with van der Waals surface area (Å²) in [6, 6.07) is 15.7. The van der Waals surface area contributed by atoms with Gasteiger partial charge in [0, 0.05) is 35.7 Å². The van der Waals surface area contributed by atoms with Crippen molar-refractivity contribution in [3.63, 3.8) is 0 Å². The third-order valence-corrected chi connectivity index (χ3v) is 5.93. The molecule has 194 valence electrons. The summed E-state index contributed by atoms with van der Waals surface area (Å²) in [4.78, 5) is 24.7. The van der Waals surface area contributed by atoms with Gasteiger partial charge in [-0.25, -0.2) is 31.5 Å². The van der Waals surface area contributed by atoms with Crippen LogP contribution in [-0.2, 0) is 0 Å². The molecule has 4 nitrogen and oxygen atoms in total. The molecular formula is C29H19F5O4. The van der Waals surface area contributed by atoms with Gasteiger partial charge in [-0.3, -0.25) is 0 Å². The van der Waals surface area contributed by atoms with Gasteiger partial charge in [-0.1, -0.05) is 31.2 Å². The molecule has 0 aliphatic heterocycles. The molecule has 1 atom stereocenters. The fourth-order valence-electron chi connectivity index (χ4n) is 3.61. The summed E-state index contributed by atoms with van der Waals surface area (Å²) in [6.45, 7) is 3.16. The minimum atomic E-state index is -1.66. The third-order valence-electron chi connectivity index (χ3n) is 5.93. The van der Waals surface area contributed by atoms with Gasteiger partial charge in [0.15, 0.2) is 17.5 Å². The van der Waals surface area contributed by atoms with E-state index in [4.69, 9.17) is 9.47 Å². The lowest BCUT2D eigenvalue weighted by Crippen LogP contribution is -2.10. The molecule has 0 amide bonds. The maximum Gasteiger partial charge on any atom is 0.343 e. The normalized spacial score (nSPS) is 11.7. The summed E-state index contributed by atoms with van der Waals surface area (Å²) in [7, 11) is 0. The van der Waals surface area contributed by atoms with Crippen molar-refractivity contribution >= 4 is 11.9 Å². The molecule has 4 aromatic rings. The predicted molar refractivity (Wildman–Crippen MR) is 128 cm³/mol. The van der Waals surface area contributed by atoms with Crippen molar-refractivity contribution in [1.29, 1.82) is 0 Å². The molecule has 0 saturated heterocycles. The molecule has 38 heavy (non-hydrogen) atoms. The van der Waals surface area contributed by atoms with Gasteiger partial charge in [-0.05, 0) is 42.3 Å². The molecule has 0 saturated carbocycles. The van der Waals surface area contributed by atoms with Crippen LogP contribution < -0.4 is 9.47 Å². The van der Waals surface area contributed by atoms with E-state index >= 15 is 0 Å². The van der Waals surface area contributed by atoms with Crippen LogP contribution in [-0.4, -0.2) is 11.9 Å². The number of hydrogen-bond donors (Lipinski definition) is 0. The first-order valence-electron chi connectivity index (χ1n) is 11.3. The number of carbonyl (C=O) groups excluding carboxylic acids is 2. The SMILES string of the molecule is Cc1c(F)cc(OC(=O)c2ccc(C(C)c3ccc(C(=O)Oc4cc(F)c(F)c(F)c4)cc3)cc2)cc1F. The molecule has 0 fully saturated rings. The highest BCUT2D eigenvalue weighted by Crippen LogP contribution is 2.26. The van der Waals surface area contributed by atoms with E-state index in [-0.39, 0.29) is 28.4 Å². The summed E-state index contributed by atoms with van der Waals surface area (Å²) in [6.07, 6.45) is 0. The Balaban J connectivity index is 1.42. The molecule has 9 heteroatoms. The maximum atomic E-state index is 13.7. The van der Waals surface area contributed by atoms with Crippen LogP contribution in [0.3, 0.4) is 0 Å². The number of carbonyl (C=O) groups is 2. The van der Waals surface area contributed by atoms with Gasteiger partial charge in [0.2, 0.25) is 0 Å². The minimum absolute atomic E-state index is 0.105. The van der Waals surface area contributed by atoms with Crippen LogP contribution in [0.25, 0.3) is 0 Å². The Bertz CT molecular complexity index is 1350. The zero-order chi connectivity index (χ0) is 27.6. The van der Waals surface area contributed by atoms with Crippen molar-refractivity contribution < 1.29 is 41.0 Å². The van der Waals surface area contributed by atoms with E-state index in [1.165, 1.54) is 31.2 Å². The fourth-order valence-corrected chi connectivity index (χ4v) is 3.61. The van der Waals surface area contributed by atoms with Gasteiger partial charge in [0.05, 0.1) is 11.1 Å². The minimum Gasteiger partial charge on any atom is -0.423 e. The maximum absolute atomic E-state index is 13.7. The van der Waals surface area contributed by atoms with E-state index in [1.54, 1.807) is 24.3 Å². The highest BCUT2D eigenvalue weighted by molar-refractivity contribution is 5.91. The van der Waals surface area contributed by atoms with Gasteiger partial charge < -0.3 is 9.47 Å². The first-order valence-corrected chi connectivity index (χ1v) is 11.3. The van der Waals surface area contributed by atoms with Crippen LogP contribution in [0, 0.1) is 36.0 Å². The van der Waals surface area contributed by atoms with Crippen LogP contribution in [0.2, 0.25) is 0 Å². The average molecular weight is 526 g/mol. The molecule has 0 heterocycles. The van der Waals surface area contributed by atoms with Gasteiger partial charge >= 0.3 is 11.9 Å². The van der Waals surface area contributed by atoms with Crippen LogP contribution >= 0.6 is 0 Å². The van der Waals surface area contributed by atoms with Crippen molar-refractivity contribution in [1.82, 2.24) is 0 Å². The van der Waals surface area contributed by atoms with Gasteiger partial charge in [-0.2, -0.15) is 0 Å². The van der Waals surface area contributed by atoms with Crippen molar-refractivity contribution in [3.05, 3.63) is 130 Å². The Morgan fingerprint density at radius 1 is 0.605 bits per heavy atom. The standard InChI is InChI=1S/C29H19F5O4/c1-15(17-3-7-19(8-4-17)28(35)37-21-11-23(30)16(2)24(31)12-21)18-5-9-20(10-6-18)29(36)38-22-13-25(32)27(34)26(33)14-22/h3-15H,1-2H3. The molecular weight excluding hydrogens is 507 g/mol. The van der Waals surface area contributed by atoms with Crippen molar-refractivity contribution in [2.75, 3.05) is 0 Å². The first-order chi connectivity index (χ1) is 18.0. The monoisotopic (exact) mass is 526 g/mol. The quantitative estimate of drug-likeness (QED) is 0.115. The zero-order valence-corrected chi connectivity index (χ0v) is 20.0. The largest absolute Gasteiger partial charge is 0.423 e. The molecule has 4 aromatic carbocycles. The second-order valence-corrected chi connectivity index (χ2v) is 8.46. The smallest absolute Gasteiger partial charge is 0.343 e. The summed E-state index contributed by atoms with van der Waals surface area (Å²) in [5, 5.41) is 0. The number of rotatable bonds is 6. The summed E-state index contributed by atoms with van der Waals surface area (Å²) >= 11 is 0. The van der Waals surface area contributed by atoms with Gasteiger partial charge in [0.25, 0.3) is 0 Å². The van der Waals surface area contributed by atoms with Crippen LogP contribution in [0.5, 0.6) is 11.5 Å². The Hall–Kier alpha value is -4.53. The van der Waals surface area contributed by atoms with Crippen LogP contribution in [0.15, 0.2) is 72.8 Å². The number of hydrogen-bond acceptors (Lipinski definition) is 4. The molecule has 0 spiro atoms. The van der Waals surface area contributed by atoms with E-state index in [1.807, 2.05) is 6.92 Å². The summed E-state index contributed by atoms with van der Waals surface area (Å²) in [5.74, 6) is -8.81. The number of benzene rings is 4. The van der Waals surface area contributed by atoms with Gasteiger partial charge in [0.1, 0.15) is 23.1 Å². The van der Waals surface area contributed by atoms with Crippen LogP contribution in [0.4, 0.5) is 22.0 Å². The summed E-state index contributed by atoms with van der Waals surface area (Å²) in [5.41, 5.74) is 1.73. The molecule has 0 aliphatic rings. The Labute approximate surface area is 214 Å². The fraction of sp³-hybridized carbons (Fsp3) is 0.103. The number of esters is 2. The van der Waals surface area contributed by atoms with Crippen molar-refractivity contribution in [2.24, 2.45) is 0 Å². The second kappa shape index (κ2) is 10.8. The van der Waals surface area contributed by atoms with Crippen molar-refractivity contribution in [3.8, 4) is 11.5 Å². The number of halogens is 5. The molecule has 0 N–H and O–H groups in total. The molecule has 0 bridgehead atoms. The highest BCUT2D eigenvalue weighted by Gasteiger charge is 2.17. The molecule has 4 rings (SSSR count). The lowest BCUT2D eigenvalue weighted by atomic mass is 9.92. The molecule has 0 aromatic heterocycles. The Morgan fingerprint density at radius 2 is 0.947 bits per heavy atom. The van der Waals surface area contributed by atoms with E-state index in [0.29, 0.717) is 12.1 Å². The third kappa shape index (κ3) is 5.72. The zero-order valence-electron chi connectivity index (χ0n) is 20.0. The van der Waals surface area contributed by atoms with E-state index in [2.05, 4.69) is 0 Å². The summed E-state index contributed by atoms with van der Waals surface area (Å²) < 4.78 is 77.2. The molecule has 0 aliphatic carbocycles. The lowest BCUT2D eigenvalue weighted by Gasteiger charge is -2.14. The Morgan fingerprint density at radius 3 is 1.32 bits per heavy atom. The number of ether oxygens (including phenoxy) is 2. The Kier molecular flexibility index (Phi) is 7.57. The van der Waals surface area contributed by atoms with E-state index < -0.39 is 46.8 Å². The van der Waals surface area contributed by atoms with Gasteiger partial charge in [-0.15, -0.1) is 0 Å². The molecule has 0 radical (unpaired) electrons. The van der Waals surface area contributed by atoms with E-state index in [9.17, 15) is 31.5 Å². The molecule has 1 unspecified atom stereocenters. The van der Waals surface area contributed by atoms with Crippen LogP contribution in [0.1, 0.15) is 50.2 Å². The highest BCUT2D eigenvalue weighted by atomic mass is 19.2.